The summed E-state index contributed by atoms with van der Waals surface area (Å²) in [5.41, 5.74) is 2.73. The number of nitrogens with zero attached hydrogens (tertiary/aromatic N) is 3. The molecule has 0 radical (unpaired) electrons. The van der Waals surface area contributed by atoms with Crippen molar-refractivity contribution >= 4 is 23.3 Å². The maximum atomic E-state index is 13.1. The molecule has 0 saturated carbocycles. The largest absolute Gasteiger partial charge is 0.497 e. The number of amides is 2. The van der Waals surface area contributed by atoms with Crippen molar-refractivity contribution in [2.45, 2.75) is 6.04 Å². The van der Waals surface area contributed by atoms with Crippen molar-refractivity contribution in [1.82, 2.24) is 15.3 Å². The fourth-order valence-corrected chi connectivity index (χ4v) is 3.31. The van der Waals surface area contributed by atoms with E-state index in [2.05, 4.69) is 20.6 Å². The lowest BCUT2D eigenvalue weighted by Crippen LogP contribution is -2.37. The van der Waals surface area contributed by atoms with E-state index in [1.54, 1.807) is 32.6 Å². The van der Waals surface area contributed by atoms with Crippen LogP contribution in [0.4, 0.5) is 11.5 Å². The molecule has 1 atom stereocenters. The van der Waals surface area contributed by atoms with Crippen LogP contribution in [-0.4, -0.2) is 42.5 Å². The van der Waals surface area contributed by atoms with Crippen molar-refractivity contribution in [3.05, 3.63) is 77.7 Å². The lowest BCUT2D eigenvalue weighted by atomic mass is 9.99. The molecule has 3 heterocycles. The van der Waals surface area contributed by atoms with E-state index in [-0.39, 0.29) is 24.4 Å². The summed E-state index contributed by atoms with van der Waals surface area (Å²) in [6, 6.07) is 12.5. The van der Waals surface area contributed by atoms with Gasteiger partial charge in [0.05, 0.1) is 30.9 Å². The molecule has 8 heteroatoms. The van der Waals surface area contributed by atoms with E-state index < -0.39 is 0 Å². The van der Waals surface area contributed by atoms with Crippen LogP contribution in [0.5, 0.6) is 5.75 Å². The van der Waals surface area contributed by atoms with Crippen molar-refractivity contribution in [2.75, 3.05) is 30.9 Å². The molecular weight excluding hydrogens is 382 g/mol. The number of hydrogen-bond donors (Lipinski definition) is 2. The Balaban J connectivity index is 1.64. The highest BCUT2D eigenvalue weighted by atomic mass is 16.5. The lowest BCUT2D eigenvalue weighted by molar-refractivity contribution is -0.116. The molecule has 1 unspecified atom stereocenters. The number of nitrogens with one attached hydrogen (secondary N) is 2. The van der Waals surface area contributed by atoms with Gasteiger partial charge in [-0.25, -0.2) is 4.98 Å². The zero-order chi connectivity index (χ0) is 21.1. The number of methoxy groups -OCH3 is 1. The highest BCUT2D eigenvalue weighted by Gasteiger charge is 2.24. The van der Waals surface area contributed by atoms with Crippen molar-refractivity contribution in [3.8, 4) is 5.75 Å². The first kappa shape index (κ1) is 19.4. The number of likely N-dealkylation sites (N-methyl/N-ethyl adjacent to an activating group) is 1. The summed E-state index contributed by atoms with van der Waals surface area (Å²) in [6.45, 7) is 0.184. The van der Waals surface area contributed by atoms with Gasteiger partial charge in [0.2, 0.25) is 5.91 Å². The maximum absolute atomic E-state index is 13.1. The van der Waals surface area contributed by atoms with Gasteiger partial charge in [-0.05, 0) is 41.5 Å². The van der Waals surface area contributed by atoms with Crippen LogP contribution in [0.1, 0.15) is 27.5 Å². The van der Waals surface area contributed by atoms with E-state index in [4.69, 9.17) is 4.74 Å². The standard InChI is InChI=1S/C22H21N5O3/c1-27-18-11-16(12-24-21(18)25-13-19(27)28)22(29)26-20(15-7-9-23-10-8-15)14-3-5-17(30-2)6-4-14/h3-12,20H,13H2,1-2H3,(H,24,25)(H,26,29). The maximum Gasteiger partial charge on any atom is 0.253 e. The van der Waals surface area contributed by atoms with Crippen LogP contribution in [-0.2, 0) is 4.79 Å². The third-order valence-electron chi connectivity index (χ3n) is 5.04. The third-order valence-corrected chi connectivity index (χ3v) is 5.04. The van der Waals surface area contributed by atoms with Crippen LogP contribution in [0.25, 0.3) is 0 Å². The first-order valence-corrected chi connectivity index (χ1v) is 9.42. The minimum Gasteiger partial charge on any atom is -0.497 e. The quantitative estimate of drug-likeness (QED) is 0.679. The van der Waals surface area contributed by atoms with Gasteiger partial charge in [0.25, 0.3) is 5.91 Å². The summed E-state index contributed by atoms with van der Waals surface area (Å²) >= 11 is 0. The zero-order valence-corrected chi connectivity index (χ0v) is 16.6. The van der Waals surface area contributed by atoms with Crippen LogP contribution in [0.3, 0.4) is 0 Å². The average molecular weight is 403 g/mol. The first-order chi connectivity index (χ1) is 14.6. The van der Waals surface area contributed by atoms with E-state index in [1.165, 1.54) is 11.1 Å². The number of carbonyl (C=O) groups excluding carboxylic acids is 2. The molecule has 0 saturated heterocycles. The monoisotopic (exact) mass is 403 g/mol. The molecule has 1 aliphatic rings. The molecule has 2 N–H and O–H groups in total. The fourth-order valence-electron chi connectivity index (χ4n) is 3.31. The summed E-state index contributed by atoms with van der Waals surface area (Å²) in [7, 11) is 3.28. The lowest BCUT2D eigenvalue weighted by Gasteiger charge is -2.26. The minimum atomic E-state index is -0.389. The van der Waals surface area contributed by atoms with Crippen LogP contribution in [0.15, 0.2) is 61.1 Å². The Bertz CT molecular complexity index is 1070. The first-order valence-electron chi connectivity index (χ1n) is 9.42. The fraction of sp³-hybridized carbons (Fsp3) is 0.182. The normalized spacial score (nSPS) is 13.8. The number of carbonyl (C=O) groups is 2. The molecule has 3 aromatic rings. The molecule has 0 aliphatic carbocycles. The van der Waals surface area contributed by atoms with E-state index >= 15 is 0 Å². The summed E-state index contributed by atoms with van der Waals surface area (Å²) < 4.78 is 5.23. The second kappa shape index (κ2) is 8.20. The Morgan fingerprint density at radius 1 is 1.17 bits per heavy atom. The molecule has 1 aromatic carbocycles. The van der Waals surface area contributed by atoms with E-state index in [9.17, 15) is 9.59 Å². The highest BCUT2D eigenvalue weighted by Crippen LogP contribution is 2.28. The SMILES string of the molecule is COc1ccc(C(NC(=O)c2cnc3c(c2)N(C)C(=O)CN3)c2ccncc2)cc1. The number of fused-ring (bicyclic) bond motifs is 1. The molecule has 30 heavy (non-hydrogen) atoms. The zero-order valence-electron chi connectivity index (χ0n) is 16.6. The molecule has 0 spiro atoms. The van der Waals surface area contributed by atoms with Gasteiger partial charge >= 0.3 is 0 Å². The molecule has 1 aliphatic heterocycles. The van der Waals surface area contributed by atoms with Crippen LogP contribution >= 0.6 is 0 Å². The van der Waals surface area contributed by atoms with E-state index in [1.807, 2.05) is 36.4 Å². The van der Waals surface area contributed by atoms with Gasteiger partial charge in [0.1, 0.15) is 11.6 Å². The number of hydrogen-bond acceptors (Lipinski definition) is 6. The molecule has 2 amide bonds. The summed E-state index contributed by atoms with van der Waals surface area (Å²) in [5.74, 6) is 0.927. The molecule has 8 nitrogen and oxygen atoms in total. The second-order valence-corrected chi connectivity index (χ2v) is 6.86. The molecule has 4 rings (SSSR count). The number of pyridine rings is 2. The Labute approximate surface area is 173 Å². The molecule has 0 bridgehead atoms. The number of rotatable bonds is 5. The van der Waals surface area contributed by atoms with Gasteiger partial charge in [-0.1, -0.05) is 12.1 Å². The Morgan fingerprint density at radius 3 is 2.57 bits per heavy atom. The molecule has 0 fully saturated rings. The van der Waals surface area contributed by atoms with Crippen LogP contribution in [0.2, 0.25) is 0 Å². The van der Waals surface area contributed by atoms with Gasteiger partial charge < -0.3 is 20.3 Å². The van der Waals surface area contributed by atoms with Crippen molar-refractivity contribution in [1.29, 1.82) is 0 Å². The van der Waals surface area contributed by atoms with Crippen molar-refractivity contribution in [2.24, 2.45) is 0 Å². The summed E-state index contributed by atoms with van der Waals surface area (Å²) in [5, 5.41) is 6.02. The Kier molecular flexibility index (Phi) is 5.30. The van der Waals surface area contributed by atoms with Crippen LogP contribution in [0, 0.1) is 0 Å². The summed E-state index contributed by atoms with van der Waals surface area (Å²) in [4.78, 5) is 34.9. The topological polar surface area (TPSA) is 96.5 Å². The number of benzene rings is 1. The smallest absolute Gasteiger partial charge is 0.253 e. The second-order valence-electron chi connectivity index (χ2n) is 6.86. The minimum absolute atomic E-state index is 0.0882. The number of anilines is 2. The van der Waals surface area contributed by atoms with Gasteiger partial charge in [0.15, 0.2) is 0 Å². The number of aromatic nitrogens is 2. The van der Waals surface area contributed by atoms with Gasteiger partial charge in [0, 0.05) is 25.6 Å². The van der Waals surface area contributed by atoms with Crippen molar-refractivity contribution < 1.29 is 14.3 Å². The van der Waals surface area contributed by atoms with E-state index in [0.29, 0.717) is 17.1 Å². The van der Waals surface area contributed by atoms with Crippen molar-refractivity contribution in [3.63, 3.8) is 0 Å². The predicted molar refractivity (Wildman–Crippen MR) is 113 cm³/mol. The number of ether oxygens (including phenoxy) is 1. The molecular formula is C22H21N5O3. The van der Waals surface area contributed by atoms with E-state index in [0.717, 1.165) is 16.9 Å². The van der Waals surface area contributed by atoms with Gasteiger partial charge in [-0.15, -0.1) is 0 Å². The third kappa shape index (κ3) is 3.80. The van der Waals surface area contributed by atoms with Gasteiger partial charge in [-0.2, -0.15) is 0 Å². The van der Waals surface area contributed by atoms with Gasteiger partial charge in [-0.3, -0.25) is 14.6 Å². The molecule has 152 valence electrons. The Morgan fingerprint density at radius 2 is 1.87 bits per heavy atom. The average Bonchev–Trinajstić information content (AvgIpc) is 2.80. The molecule has 2 aromatic heterocycles. The van der Waals surface area contributed by atoms with Crippen LogP contribution < -0.4 is 20.3 Å². The summed E-state index contributed by atoms with van der Waals surface area (Å²) in [6.07, 6.45) is 4.87. The predicted octanol–water partition coefficient (Wildman–Crippen LogP) is 2.39. The highest BCUT2D eigenvalue weighted by molar-refractivity contribution is 6.03. The Hall–Kier alpha value is -3.94.